The summed E-state index contributed by atoms with van der Waals surface area (Å²) in [6.07, 6.45) is 0. The Morgan fingerprint density at radius 1 is 0.312 bits per heavy atom. The van der Waals surface area contributed by atoms with Gasteiger partial charge in [-0.2, -0.15) is 0 Å². The average molecular weight is 986 g/mol. The minimum Gasteiger partial charge on any atom is -0.456 e. The lowest BCUT2D eigenvalue weighted by Gasteiger charge is -2.45. The standard InChI is InChI=1S/C70H44BN3O3/c1-2-22-52(23-3-1)73-60-27-10-9-26-57(60)71-58-37-34-51(69-42-50-19-7-13-31-66(50)77-69)39-61(58)74(54-24-14-21-47(38-54)68-41-49-18-6-12-30-65(49)76-68)63-44-55(43-62(73)70(63)71)72(59-28-15-20-45-16-4-8-25-56(45)59)53-35-32-46(33-36-53)67-40-48-17-5-11-29-64(48)75-67/h1-44H. The Balaban J connectivity index is 0.984. The summed E-state index contributed by atoms with van der Waals surface area (Å²) in [5, 5.41) is 5.51. The SMILES string of the molecule is c1ccc(N2c3ccccc3B3c4ccc(-c5cc6ccccc6o5)cc4N(c4cccc(-c5cc6ccccc6o5)c4)c4cc(N(c5ccc(-c6cc7ccccc7o6)cc5)c5cccc6ccccc56)cc2c43)cc1. The van der Waals surface area contributed by atoms with Gasteiger partial charge in [0.05, 0.1) is 11.4 Å². The maximum absolute atomic E-state index is 6.65. The van der Waals surface area contributed by atoms with Crippen molar-refractivity contribution in [3.63, 3.8) is 0 Å². The van der Waals surface area contributed by atoms with Gasteiger partial charge in [-0.05, 0) is 137 Å². The zero-order valence-corrected chi connectivity index (χ0v) is 41.5. The number of fused-ring (bicyclic) bond motifs is 8. The van der Waals surface area contributed by atoms with Crippen LogP contribution in [0.15, 0.2) is 280 Å². The van der Waals surface area contributed by atoms with E-state index in [9.17, 15) is 0 Å². The van der Waals surface area contributed by atoms with Gasteiger partial charge in [0.2, 0.25) is 0 Å². The highest BCUT2D eigenvalue weighted by atomic mass is 16.3. The maximum atomic E-state index is 6.65. The molecule has 0 amide bonds. The van der Waals surface area contributed by atoms with Crippen molar-refractivity contribution in [1.82, 2.24) is 0 Å². The second-order valence-corrected chi connectivity index (χ2v) is 20.0. The largest absolute Gasteiger partial charge is 0.456 e. The van der Waals surface area contributed by atoms with Gasteiger partial charge in [0.15, 0.2) is 0 Å². The third kappa shape index (κ3) is 6.98. The van der Waals surface area contributed by atoms with Crippen LogP contribution in [0.4, 0.5) is 51.2 Å². The molecule has 0 aliphatic carbocycles. The predicted octanol–water partition coefficient (Wildman–Crippen LogP) is 17.6. The molecule has 16 rings (SSSR count). The molecule has 0 spiro atoms. The van der Waals surface area contributed by atoms with E-state index < -0.39 is 0 Å². The summed E-state index contributed by atoms with van der Waals surface area (Å²) in [4.78, 5) is 7.38. The van der Waals surface area contributed by atoms with Gasteiger partial charge in [0, 0.05) is 78.0 Å². The van der Waals surface area contributed by atoms with Crippen LogP contribution < -0.4 is 31.1 Å². The third-order valence-corrected chi connectivity index (χ3v) is 15.6. The summed E-state index contributed by atoms with van der Waals surface area (Å²) >= 11 is 0. The molecule has 0 N–H and O–H groups in total. The molecule has 0 unspecified atom stereocenters. The van der Waals surface area contributed by atoms with E-state index >= 15 is 0 Å². The molecule has 3 aromatic heterocycles. The molecule has 14 aromatic rings. The third-order valence-electron chi connectivity index (χ3n) is 15.6. The summed E-state index contributed by atoms with van der Waals surface area (Å²) in [6, 6.07) is 95.5. The molecule has 0 bridgehead atoms. The van der Waals surface area contributed by atoms with E-state index in [0.717, 1.165) is 129 Å². The quantitative estimate of drug-likeness (QED) is 0.141. The number of furan rings is 3. The fourth-order valence-electron chi connectivity index (χ4n) is 12.1. The Bertz CT molecular complexity index is 4530. The number of rotatable bonds is 8. The van der Waals surface area contributed by atoms with Crippen molar-refractivity contribution < 1.29 is 13.3 Å². The fourth-order valence-corrected chi connectivity index (χ4v) is 12.1. The Labute approximate surface area is 444 Å². The first-order valence-electron chi connectivity index (χ1n) is 26.2. The van der Waals surface area contributed by atoms with Crippen LogP contribution >= 0.6 is 0 Å². The lowest BCUT2D eigenvalue weighted by molar-refractivity contribution is 0.631. The van der Waals surface area contributed by atoms with Crippen LogP contribution in [-0.4, -0.2) is 6.71 Å². The number of nitrogens with zero attached hydrogens (tertiary/aromatic N) is 3. The van der Waals surface area contributed by atoms with E-state index in [4.69, 9.17) is 13.3 Å². The molecule has 7 heteroatoms. The van der Waals surface area contributed by atoms with Crippen molar-refractivity contribution in [2.24, 2.45) is 0 Å². The first kappa shape index (κ1) is 43.2. The smallest absolute Gasteiger partial charge is 0.252 e. The Kier molecular flexibility index (Phi) is 9.63. The number of hydrogen-bond acceptors (Lipinski definition) is 6. The van der Waals surface area contributed by atoms with E-state index in [1.54, 1.807) is 0 Å². The van der Waals surface area contributed by atoms with Crippen molar-refractivity contribution in [3.8, 4) is 34.0 Å². The second kappa shape index (κ2) is 17.2. The minimum atomic E-state index is -0.117. The molecular weight excluding hydrogens is 942 g/mol. The van der Waals surface area contributed by atoms with Crippen LogP contribution in [0, 0.1) is 0 Å². The van der Waals surface area contributed by atoms with E-state index in [1.165, 1.54) is 16.4 Å². The van der Waals surface area contributed by atoms with Gasteiger partial charge in [0.1, 0.15) is 34.0 Å². The monoisotopic (exact) mass is 985 g/mol. The van der Waals surface area contributed by atoms with E-state index in [0.29, 0.717) is 0 Å². The van der Waals surface area contributed by atoms with Gasteiger partial charge in [-0.1, -0.05) is 152 Å². The van der Waals surface area contributed by atoms with Crippen molar-refractivity contribution in [2.75, 3.05) is 14.7 Å². The number of anilines is 9. The van der Waals surface area contributed by atoms with E-state index in [-0.39, 0.29) is 6.71 Å². The molecule has 0 saturated carbocycles. The lowest BCUT2D eigenvalue weighted by Crippen LogP contribution is -2.61. The molecule has 5 heterocycles. The van der Waals surface area contributed by atoms with Crippen LogP contribution in [0.25, 0.3) is 77.7 Å². The number of para-hydroxylation sites is 5. The van der Waals surface area contributed by atoms with Crippen LogP contribution in [0.1, 0.15) is 0 Å². The zero-order valence-electron chi connectivity index (χ0n) is 41.5. The van der Waals surface area contributed by atoms with Crippen LogP contribution in [0.2, 0.25) is 0 Å². The molecular formula is C70H44BN3O3. The summed E-state index contributed by atoms with van der Waals surface area (Å²) in [5.41, 5.74) is 18.7. The first-order valence-corrected chi connectivity index (χ1v) is 26.2. The van der Waals surface area contributed by atoms with E-state index in [2.05, 4.69) is 245 Å². The molecule has 6 nitrogen and oxygen atoms in total. The van der Waals surface area contributed by atoms with Gasteiger partial charge in [0.25, 0.3) is 6.71 Å². The lowest BCUT2D eigenvalue weighted by atomic mass is 9.33. The number of benzene rings is 11. The van der Waals surface area contributed by atoms with Gasteiger partial charge in [-0.25, -0.2) is 0 Å². The van der Waals surface area contributed by atoms with Crippen molar-refractivity contribution >= 4 is 118 Å². The second-order valence-electron chi connectivity index (χ2n) is 20.0. The molecule has 2 aliphatic rings. The Hall–Kier alpha value is -10.2. The summed E-state index contributed by atoms with van der Waals surface area (Å²) in [7, 11) is 0. The minimum absolute atomic E-state index is 0.117. The Morgan fingerprint density at radius 2 is 0.818 bits per heavy atom. The van der Waals surface area contributed by atoms with Crippen molar-refractivity contribution in [1.29, 1.82) is 0 Å². The molecule has 2 aliphatic heterocycles. The molecule has 0 radical (unpaired) electrons. The van der Waals surface area contributed by atoms with Crippen LogP contribution in [0.3, 0.4) is 0 Å². The highest BCUT2D eigenvalue weighted by molar-refractivity contribution is 7.00. The van der Waals surface area contributed by atoms with Crippen LogP contribution in [0.5, 0.6) is 0 Å². The summed E-state index contributed by atoms with van der Waals surface area (Å²) in [6.45, 7) is -0.117. The molecule has 11 aromatic carbocycles. The van der Waals surface area contributed by atoms with Crippen molar-refractivity contribution in [2.45, 2.75) is 0 Å². The molecule has 360 valence electrons. The predicted molar refractivity (Wildman–Crippen MR) is 318 cm³/mol. The molecule has 0 fully saturated rings. The van der Waals surface area contributed by atoms with Gasteiger partial charge in [-0.3, -0.25) is 0 Å². The van der Waals surface area contributed by atoms with Crippen LogP contribution in [-0.2, 0) is 0 Å². The normalized spacial score (nSPS) is 12.6. The average Bonchev–Trinajstić information content (AvgIpc) is 4.42. The van der Waals surface area contributed by atoms with E-state index in [1.807, 2.05) is 36.4 Å². The zero-order chi connectivity index (χ0) is 50.6. The highest BCUT2D eigenvalue weighted by Crippen LogP contribution is 2.50. The summed E-state index contributed by atoms with van der Waals surface area (Å²) < 4.78 is 19.7. The summed E-state index contributed by atoms with van der Waals surface area (Å²) in [5.74, 6) is 2.46. The fraction of sp³-hybridized carbons (Fsp3) is 0. The topological polar surface area (TPSA) is 49.1 Å². The van der Waals surface area contributed by atoms with Crippen molar-refractivity contribution in [3.05, 3.63) is 267 Å². The van der Waals surface area contributed by atoms with Gasteiger partial charge >= 0.3 is 0 Å². The van der Waals surface area contributed by atoms with Gasteiger partial charge < -0.3 is 28.0 Å². The maximum Gasteiger partial charge on any atom is 0.252 e. The van der Waals surface area contributed by atoms with Gasteiger partial charge in [-0.15, -0.1) is 0 Å². The number of hydrogen-bond donors (Lipinski definition) is 0. The molecule has 0 saturated heterocycles. The Morgan fingerprint density at radius 3 is 1.49 bits per heavy atom. The first-order chi connectivity index (χ1) is 38.1. The molecule has 77 heavy (non-hydrogen) atoms. The highest BCUT2D eigenvalue weighted by Gasteiger charge is 2.44. The molecule has 0 atom stereocenters.